The lowest BCUT2D eigenvalue weighted by Crippen LogP contribution is -2.70. The van der Waals surface area contributed by atoms with E-state index in [1.807, 2.05) is 53.6 Å². The standard InChI is InChI=1S/C34H30Cl2N6O2/c1-22(43)40-34(41-13-5-2-6-14-41,17-25-19-38-30-8-4-3-7-26(25)30)33(44)42(21-24-9-11-28(35)29(36)16-24)32-20-39-31-12-10-23(18-37)15-27(31)32/h2-5,7-12,15-16,19-20,38-39H,6,13-14,17,21H2,1H3,(H,40,43). The van der Waals surface area contributed by atoms with Crippen LogP contribution >= 0.6 is 23.2 Å². The van der Waals surface area contributed by atoms with E-state index in [-0.39, 0.29) is 24.8 Å². The SMILES string of the molecule is CC(=O)NC(Cc1c[nH]c2ccccc12)(C(=O)N(Cc1ccc(Cl)c(Cl)c1)c1c[nH]c2ccc(C#N)cc12)N1CC=CCC1. The van der Waals surface area contributed by atoms with Gasteiger partial charge < -0.3 is 20.2 Å². The predicted molar refractivity (Wildman–Crippen MR) is 175 cm³/mol. The first-order valence-electron chi connectivity index (χ1n) is 14.3. The van der Waals surface area contributed by atoms with Gasteiger partial charge in [-0.15, -0.1) is 0 Å². The maximum Gasteiger partial charge on any atom is 0.268 e. The van der Waals surface area contributed by atoms with Crippen molar-refractivity contribution in [3.05, 3.63) is 112 Å². The lowest BCUT2D eigenvalue weighted by molar-refractivity contribution is -0.139. The molecule has 222 valence electrons. The lowest BCUT2D eigenvalue weighted by Gasteiger charge is -2.46. The van der Waals surface area contributed by atoms with Crippen LogP contribution in [0, 0.1) is 11.3 Å². The maximum atomic E-state index is 15.4. The molecule has 0 bridgehead atoms. The average molecular weight is 626 g/mol. The maximum absolute atomic E-state index is 15.4. The van der Waals surface area contributed by atoms with Crippen LogP contribution in [0.1, 0.15) is 30.0 Å². The number of rotatable bonds is 8. The Kier molecular flexibility index (Phi) is 8.19. The number of nitrogens with zero attached hydrogens (tertiary/aromatic N) is 3. The van der Waals surface area contributed by atoms with Crippen LogP contribution in [0.4, 0.5) is 5.69 Å². The highest BCUT2D eigenvalue weighted by Gasteiger charge is 2.48. The summed E-state index contributed by atoms with van der Waals surface area (Å²) in [7, 11) is 0. The normalized spacial score (nSPS) is 14.8. The number of benzene rings is 3. The third kappa shape index (κ3) is 5.58. The van der Waals surface area contributed by atoms with Crippen molar-refractivity contribution in [2.75, 3.05) is 18.0 Å². The molecular weight excluding hydrogens is 595 g/mol. The molecule has 8 nitrogen and oxygen atoms in total. The summed E-state index contributed by atoms with van der Waals surface area (Å²) in [5.74, 6) is -0.643. The number of nitrogens with one attached hydrogen (secondary N) is 3. The van der Waals surface area contributed by atoms with Gasteiger partial charge in [0, 0.05) is 60.6 Å². The molecule has 10 heteroatoms. The molecule has 1 aliphatic heterocycles. The van der Waals surface area contributed by atoms with Crippen molar-refractivity contribution in [2.45, 2.75) is 32.0 Å². The summed E-state index contributed by atoms with van der Waals surface area (Å²) >= 11 is 12.7. The van der Waals surface area contributed by atoms with Crippen LogP contribution in [0.25, 0.3) is 21.8 Å². The zero-order chi connectivity index (χ0) is 30.8. The van der Waals surface area contributed by atoms with E-state index < -0.39 is 5.66 Å². The molecule has 0 saturated heterocycles. The van der Waals surface area contributed by atoms with Crippen LogP contribution in [-0.2, 0) is 22.6 Å². The number of anilines is 1. The highest BCUT2D eigenvalue weighted by Crippen LogP contribution is 2.35. The van der Waals surface area contributed by atoms with E-state index in [2.05, 4.69) is 27.4 Å². The van der Waals surface area contributed by atoms with Crippen molar-refractivity contribution in [3.8, 4) is 6.07 Å². The summed E-state index contributed by atoms with van der Waals surface area (Å²) in [4.78, 5) is 38.7. The summed E-state index contributed by atoms with van der Waals surface area (Å²) in [6.07, 6.45) is 8.73. The van der Waals surface area contributed by atoms with Gasteiger partial charge >= 0.3 is 0 Å². The zero-order valence-corrected chi connectivity index (χ0v) is 25.5. The second-order valence-electron chi connectivity index (χ2n) is 11.0. The Hall–Kier alpha value is -4.55. The third-order valence-corrected chi connectivity index (χ3v) is 8.84. The summed E-state index contributed by atoms with van der Waals surface area (Å²) in [6, 6.07) is 20.7. The number of hydrogen-bond acceptors (Lipinski definition) is 4. The number of nitriles is 1. The van der Waals surface area contributed by atoms with Crippen molar-refractivity contribution in [3.63, 3.8) is 0 Å². The Labute approximate surface area is 264 Å². The number of halogens is 2. The fourth-order valence-electron chi connectivity index (χ4n) is 6.04. The second kappa shape index (κ2) is 12.2. The largest absolute Gasteiger partial charge is 0.361 e. The average Bonchev–Trinajstić information content (AvgIpc) is 3.64. The predicted octanol–water partition coefficient (Wildman–Crippen LogP) is 6.70. The van der Waals surface area contributed by atoms with E-state index in [0.29, 0.717) is 39.8 Å². The van der Waals surface area contributed by atoms with Crippen molar-refractivity contribution < 1.29 is 9.59 Å². The van der Waals surface area contributed by atoms with E-state index in [4.69, 9.17) is 23.2 Å². The van der Waals surface area contributed by atoms with Crippen LogP contribution in [0.5, 0.6) is 0 Å². The van der Waals surface area contributed by atoms with Crippen LogP contribution in [0.3, 0.4) is 0 Å². The molecular formula is C34H30Cl2N6O2. The van der Waals surface area contributed by atoms with Gasteiger partial charge in [0.2, 0.25) is 5.91 Å². The second-order valence-corrected chi connectivity index (χ2v) is 11.8. The monoisotopic (exact) mass is 624 g/mol. The fourth-order valence-corrected chi connectivity index (χ4v) is 6.36. The molecule has 0 saturated carbocycles. The minimum atomic E-state index is -1.45. The highest BCUT2D eigenvalue weighted by atomic mass is 35.5. The molecule has 44 heavy (non-hydrogen) atoms. The summed E-state index contributed by atoms with van der Waals surface area (Å²) in [5.41, 5.74) is 2.96. The van der Waals surface area contributed by atoms with Gasteiger partial charge in [0.05, 0.1) is 33.9 Å². The highest BCUT2D eigenvalue weighted by molar-refractivity contribution is 6.42. The minimum absolute atomic E-state index is 0.137. The van der Waals surface area contributed by atoms with Crippen molar-refractivity contribution >= 4 is 62.5 Å². The molecule has 0 aliphatic carbocycles. The van der Waals surface area contributed by atoms with Crippen molar-refractivity contribution in [1.82, 2.24) is 20.2 Å². The Bertz CT molecular complexity index is 1950. The van der Waals surface area contributed by atoms with Gasteiger partial charge in [-0.05, 0) is 53.9 Å². The number of aromatic nitrogens is 2. The number of para-hydroxylation sites is 1. The molecule has 0 radical (unpaired) electrons. The Morgan fingerprint density at radius 1 is 1.00 bits per heavy atom. The van der Waals surface area contributed by atoms with Crippen molar-refractivity contribution in [1.29, 1.82) is 5.26 Å². The zero-order valence-electron chi connectivity index (χ0n) is 24.0. The smallest absolute Gasteiger partial charge is 0.268 e. The summed E-state index contributed by atoms with van der Waals surface area (Å²) in [6.45, 7) is 2.61. The molecule has 2 aromatic heterocycles. The number of aromatic amines is 2. The first-order valence-corrected chi connectivity index (χ1v) is 15.1. The van der Waals surface area contributed by atoms with Gasteiger partial charge in [0.15, 0.2) is 5.66 Å². The minimum Gasteiger partial charge on any atom is -0.361 e. The molecule has 2 amide bonds. The number of fused-ring (bicyclic) bond motifs is 2. The molecule has 6 rings (SSSR count). The molecule has 0 spiro atoms. The summed E-state index contributed by atoms with van der Waals surface area (Å²) in [5, 5.41) is 15.2. The molecule has 3 heterocycles. The van der Waals surface area contributed by atoms with E-state index >= 15 is 4.79 Å². The first-order chi connectivity index (χ1) is 21.3. The topological polar surface area (TPSA) is 108 Å². The Balaban J connectivity index is 1.55. The van der Waals surface area contributed by atoms with Crippen LogP contribution < -0.4 is 10.2 Å². The van der Waals surface area contributed by atoms with Crippen LogP contribution in [0.2, 0.25) is 10.0 Å². The van der Waals surface area contributed by atoms with Crippen molar-refractivity contribution in [2.24, 2.45) is 0 Å². The molecule has 0 fully saturated rings. The van der Waals surface area contributed by atoms with E-state index in [1.165, 1.54) is 6.92 Å². The van der Waals surface area contributed by atoms with Gasteiger partial charge in [-0.2, -0.15) is 5.26 Å². The van der Waals surface area contributed by atoms with Gasteiger partial charge in [-0.3, -0.25) is 14.5 Å². The number of hydrogen-bond donors (Lipinski definition) is 3. The molecule has 1 aliphatic rings. The molecule has 3 N–H and O–H groups in total. The number of H-pyrrole nitrogens is 2. The van der Waals surface area contributed by atoms with Crippen LogP contribution in [-0.4, -0.2) is 45.4 Å². The third-order valence-electron chi connectivity index (χ3n) is 8.11. The van der Waals surface area contributed by atoms with Gasteiger partial charge in [-0.25, -0.2) is 0 Å². The molecule has 1 unspecified atom stereocenters. The quantitative estimate of drug-likeness (QED) is 0.167. The van der Waals surface area contributed by atoms with Gasteiger partial charge in [0.25, 0.3) is 5.91 Å². The van der Waals surface area contributed by atoms with Crippen LogP contribution in [0.15, 0.2) is 85.2 Å². The van der Waals surface area contributed by atoms with E-state index in [0.717, 1.165) is 34.0 Å². The van der Waals surface area contributed by atoms with Gasteiger partial charge in [-0.1, -0.05) is 59.6 Å². The molecule has 5 aromatic rings. The fraction of sp³-hybridized carbons (Fsp3) is 0.206. The Morgan fingerprint density at radius 2 is 1.80 bits per heavy atom. The van der Waals surface area contributed by atoms with E-state index in [1.54, 1.807) is 35.4 Å². The van der Waals surface area contributed by atoms with E-state index in [9.17, 15) is 10.1 Å². The summed E-state index contributed by atoms with van der Waals surface area (Å²) < 4.78 is 0. The lowest BCUT2D eigenvalue weighted by atomic mass is 9.93. The number of carbonyl (C=O) groups excluding carboxylic acids is 2. The Morgan fingerprint density at radius 3 is 2.55 bits per heavy atom. The number of carbonyl (C=O) groups is 2. The molecule has 3 aromatic carbocycles. The number of amides is 2. The molecule has 1 atom stereocenters. The van der Waals surface area contributed by atoms with Gasteiger partial charge in [0.1, 0.15) is 0 Å². The first kappa shape index (κ1) is 29.5.